The molecule has 2 aromatic carbocycles. The molecular formula is C19H20NO3-. The van der Waals surface area contributed by atoms with Crippen LogP contribution in [0.2, 0.25) is 0 Å². The molecule has 0 saturated carbocycles. The highest BCUT2D eigenvalue weighted by Gasteiger charge is 2.26. The molecule has 0 aliphatic carbocycles. The van der Waals surface area contributed by atoms with Crippen molar-refractivity contribution < 1.29 is 14.7 Å². The Balaban J connectivity index is 2.07. The number of rotatable bonds is 7. The van der Waals surface area contributed by atoms with Crippen LogP contribution in [0.25, 0.3) is 0 Å². The second-order valence-electron chi connectivity index (χ2n) is 5.59. The van der Waals surface area contributed by atoms with Crippen molar-refractivity contribution >= 4 is 11.9 Å². The maximum atomic E-state index is 12.5. The summed E-state index contributed by atoms with van der Waals surface area (Å²) in [7, 11) is 0. The van der Waals surface area contributed by atoms with E-state index in [0.717, 1.165) is 11.1 Å². The molecule has 1 amide bonds. The van der Waals surface area contributed by atoms with Crippen LogP contribution in [-0.2, 0) is 16.1 Å². The molecule has 0 aliphatic rings. The molecule has 0 spiro atoms. The second kappa shape index (κ2) is 8.13. The van der Waals surface area contributed by atoms with Crippen LogP contribution in [0.5, 0.6) is 0 Å². The first kappa shape index (κ1) is 16.7. The van der Waals surface area contributed by atoms with Gasteiger partial charge in [0.15, 0.2) is 0 Å². The number of amides is 1. The van der Waals surface area contributed by atoms with Gasteiger partial charge in [0.05, 0.1) is 0 Å². The molecule has 2 rings (SSSR count). The molecule has 0 unspecified atom stereocenters. The lowest BCUT2D eigenvalue weighted by molar-refractivity contribution is -0.306. The zero-order chi connectivity index (χ0) is 16.7. The number of aliphatic carboxylic acids is 1. The lowest BCUT2D eigenvalue weighted by Crippen LogP contribution is -2.37. The van der Waals surface area contributed by atoms with E-state index < -0.39 is 11.9 Å². The fraction of sp³-hybridized carbons (Fsp3) is 0.263. The first-order valence-electron chi connectivity index (χ1n) is 7.64. The van der Waals surface area contributed by atoms with Crippen molar-refractivity contribution in [1.82, 2.24) is 5.32 Å². The summed E-state index contributed by atoms with van der Waals surface area (Å²) >= 11 is 0. The van der Waals surface area contributed by atoms with E-state index in [1.165, 1.54) is 0 Å². The van der Waals surface area contributed by atoms with E-state index in [0.29, 0.717) is 6.54 Å². The van der Waals surface area contributed by atoms with Crippen molar-refractivity contribution in [3.8, 4) is 0 Å². The molecule has 0 fully saturated rings. The highest BCUT2D eigenvalue weighted by atomic mass is 16.4. The summed E-state index contributed by atoms with van der Waals surface area (Å²) in [5.41, 5.74) is 1.91. The summed E-state index contributed by atoms with van der Waals surface area (Å²) in [6.45, 7) is 2.25. The molecule has 2 atom stereocenters. The minimum atomic E-state index is -1.22. The van der Waals surface area contributed by atoms with E-state index in [1.54, 1.807) is 0 Å². The molecule has 0 heterocycles. The third-order valence-corrected chi connectivity index (χ3v) is 3.96. The minimum Gasteiger partial charge on any atom is -0.550 e. The molecule has 0 saturated heterocycles. The fourth-order valence-electron chi connectivity index (χ4n) is 2.58. The molecule has 23 heavy (non-hydrogen) atoms. The summed E-state index contributed by atoms with van der Waals surface area (Å²) in [5, 5.41) is 13.9. The van der Waals surface area contributed by atoms with Crippen LogP contribution in [0, 0.1) is 5.92 Å². The summed E-state index contributed by atoms with van der Waals surface area (Å²) in [6.07, 6.45) is -0.295. The van der Waals surface area contributed by atoms with Gasteiger partial charge in [-0.2, -0.15) is 0 Å². The number of hydrogen-bond donors (Lipinski definition) is 1. The first-order chi connectivity index (χ1) is 11.1. The van der Waals surface area contributed by atoms with Gasteiger partial charge < -0.3 is 15.2 Å². The van der Waals surface area contributed by atoms with Crippen molar-refractivity contribution in [2.75, 3.05) is 0 Å². The zero-order valence-electron chi connectivity index (χ0n) is 13.1. The fourth-order valence-corrected chi connectivity index (χ4v) is 2.58. The highest BCUT2D eigenvalue weighted by Crippen LogP contribution is 2.27. The summed E-state index contributed by atoms with van der Waals surface area (Å²) in [4.78, 5) is 23.5. The molecule has 0 aromatic heterocycles. The molecule has 4 heteroatoms. The van der Waals surface area contributed by atoms with E-state index >= 15 is 0 Å². The smallest absolute Gasteiger partial charge is 0.224 e. The Labute approximate surface area is 136 Å². The average molecular weight is 310 g/mol. The van der Waals surface area contributed by atoms with Gasteiger partial charge in [0.1, 0.15) is 0 Å². The van der Waals surface area contributed by atoms with Crippen LogP contribution >= 0.6 is 0 Å². The predicted molar refractivity (Wildman–Crippen MR) is 86.3 cm³/mol. The van der Waals surface area contributed by atoms with Crippen LogP contribution in [0.1, 0.15) is 30.4 Å². The van der Waals surface area contributed by atoms with Crippen LogP contribution in [0.15, 0.2) is 60.7 Å². The largest absolute Gasteiger partial charge is 0.550 e. The third-order valence-electron chi connectivity index (χ3n) is 3.96. The number of carbonyl (C=O) groups excluding carboxylic acids is 2. The topological polar surface area (TPSA) is 69.2 Å². The number of carbonyl (C=O) groups is 2. The van der Waals surface area contributed by atoms with Gasteiger partial charge >= 0.3 is 0 Å². The number of benzene rings is 2. The Bertz CT molecular complexity index is 640. The Morgan fingerprint density at radius 1 is 1.00 bits per heavy atom. The summed E-state index contributed by atoms with van der Waals surface area (Å²) in [6, 6.07) is 19.0. The Morgan fingerprint density at radius 3 is 2.13 bits per heavy atom. The molecule has 4 nitrogen and oxygen atoms in total. The molecule has 1 N–H and O–H groups in total. The minimum absolute atomic E-state index is 0.204. The van der Waals surface area contributed by atoms with Gasteiger partial charge in [0.25, 0.3) is 0 Å². The van der Waals surface area contributed by atoms with E-state index in [9.17, 15) is 14.7 Å². The monoisotopic (exact) mass is 310 g/mol. The number of hydrogen-bond acceptors (Lipinski definition) is 3. The van der Waals surface area contributed by atoms with Crippen LogP contribution in [0.4, 0.5) is 0 Å². The van der Waals surface area contributed by atoms with Gasteiger partial charge in [0, 0.05) is 18.4 Å². The molecular weight excluding hydrogens is 290 g/mol. The summed E-state index contributed by atoms with van der Waals surface area (Å²) < 4.78 is 0. The molecule has 0 aliphatic heterocycles. The van der Waals surface area contributed by atoms with Gasteiger partial charge in [-0.05, 0) is 23.5 Å². The lowest BCUT2D eigenvalue weighted by atomic mass is 9.84. The molecule has 0 radical (unpaired) electrons. The van der Waals surface area contributed by atoms with E-state index in [1.807, 2.05) is 67.6 Å². The molecule has 0 bridgehead atoms. The van der Waals surface area contributed by atoms with Crippen LogP contribution < -0.4 is 10.4 Å². The van der Waals surface area contributed by atoms with Crippen LogP contribution in [0.3, 0.4) is 0 Å². The van der Waals surface area contributed by atoms with Crippen molar-refractivity contribution in [3.05, 3.63) is 71.8 Å². The molecule has 2 aromatic rings. The second-order valence-corrected chi connectivity index (χ2v) is 5.59. The predicted octanol–water partition coefficient (Wildman–Crippen LogP) is 1.86. The summed E-state index contributed by atoms with van der Waals surface area (Å²) in [5.74, 6) is -2.35. The highest BCUT2D eigenvalue weighted by molar-refractivity contribution is 5.83. The van der Waals surface area contributed by atoms with Gasteiger partial charge in [-0.25, -0.2) is 0 Å². The van der Waals surface area contributed by atoms with Gasteiger partial charge in [0.2, 0.25) is 5.91 Å². The van der Waals surface area contributed by atoms with Crippen molar-refractivity contribution in [2.24, 2.45) is 5.92 Å². The number of carboxylic acids is 1. The van der Waals surface area contributed by atoms with E-state index in [-0.39, 0.29) is 18.2 Å². The first-order valence-corrected chi connectivity index (χ1v) is 7.64. The normalized spacial score (nSPS) is 13.1. The van der Waals surface area contributed by atoms with Gasteiger partial charge in [-0.15, -0.1) is 0 Å². The molecule has 120 valence electrons. The van der Waals surface area contributed by atoms with Crippen LogP contribution in [-0.4, -0.2) is 11.9 Å². The quantitative estimate of drug-likeness (QED) is 0.848. The maximum Gasteiger partial charge on any atom is 0.224 e. The Morgan fingerprint density at radius 2 is 1.57 bits per heavy atom. The maximum absolute atomic E-state index is 12.5. The third kappa shape index (κ3) is 4.95. The number of nitrogens with one attached hydrogen (secondary N) is 1. The van der Waals surface area contributed by atoms with Crippen molar-refractivity contribution in [3.63, 3.8) is 0 Å². The van der Waals surface area contributed by atoms with E-state index in [2.05, 4.69) is 5.32 Å². The Kier molecular flexibility index (Phi) is 5.92. The van der Waals surface area contributed by atoms with Gasteiger partial charge in [-0.3, -0.25) is 4.79 Å². The zero-order valence-corrected chi connectivity index (χ0v) is 13.1. The van der Waals surface area contributed by atoms with Crippen molar-refractivity contribution in [1.29, 1.82) is 0 Å². The van der Waals surface area contributed by atoms with Gasteiger partial charge in [-0.1, -0.05) is 67.6 Å². The standard InChI is InChI=1S/C19H21NO3/c1-14(16-10-6-3-7-11-16)17(12-18(21)22)19(23)20-13-15-8-4-2-5-9-15/h2-11,14,17H,12-13H2,1H3,(H,20,23)(H,21,22)/p-1/t14-,17+/m0/s1. The van der Waals surface area contributed by atoms with E-state index in [4.69, 9.17) is 0 Å². The SMILES string of the molecule is C[C@@H](c1ccccc1)[C@@H](CC(=O)[O-])C(=O)NCc1ccccc1. The number of carboxylic acid groups (broad SMARTS) is 1. The lowest BCUT2D eigenvalue weighted by Gasteiger charge is -2.24. The average Bonchev–Trinajstić information content (AvgIpc) is 2.58. The Hall–Kier alpha value is -2.62. The van der Waals surface area contributed by atoms with Crippen molar-refractivity contribution in [2.45, 2.75) is 25.8 Å².